The summed E-state index contributed by atoms with van der Waals surface area (Å²) >= 11 is 0. The van der Waals surface area contributed by atoms with E-state index in [0.29, 0.717) is 38.4 Å². The Morgan fingerprint density at radius 3 is 2.52 bits per heavy atom. The van der Waals surface area contributed by atoms with Crippen LogP contribution in [-0.2, 0) is 19.1 Å². The molecule has 0 saturated carbocycles. The smallest absolute Gasteiger partial charge is 0.307 e. The van der Waals surface area contributed by atoms with Gasteiger partial charge in [0.1, 0.15) is 0 Å². The van der Waals surface area contributed by atoms with E-state index in [0.717, 1.165) is 32.4 Å². The van der Waals surface area contributed by atoms with Crippen molar-refractivity contribution in [2.75, 3.05) is 33.4 Å². The molecule has 2 N–H and O–H groups in total. The summed E-state index contributed by atoms with van der Waals surface area (Å²) in [7, 11) is 1.38. The molecule has 0 unspecified atom stereocenters. The summed E-state index contributed by atoms with van der Waals surface area (Å²) in [5.41, 5.74) is -0.490. The lowest BCUT2D eigenvalue weighted by atomic mass is 9.86. The molecule has 2 aliphatic rings. The highest BCUT2D eigenvalue weighted by atomic mass is 35.5. The van der Waals surface area contributed by atoms with Crippen molar-refractivity contribution in [3.05, 3.63) is 0 Å². The lowest BCUT2D eigenvalue weighted by Gasteiger charge is -2.37. The fourth-order valence-electron chi connectivity index (χ4n) is 3.32. The number of hydrogen-bond acceptors (Lipinski definition) is 5. The molecular formula is C16H29ClN2O4. The highest BCUT2D eigenvalue weighted by molar-refractivity contribution is 5.85. The zero-order chi connectivity index (χ0) is 15.8. The lowest BCUT2D eigenvalue weighted by molar-refractivity contribution is -0.144. The third-order valence-corrected chi connectivity index (χ3v) is 4.80. The average molecular weight is 349 g/mol. The third kappa shape index (κ3) is 6.65. The summed E-state index contributed by atoms with van der Waals surface area (Å²) in [5.74, 6) is 0.406. The maximum Gasteiger partial charge on any atom is 0.307 e. The highest BCUT2D eigenvalue weighted by Crippen LogP contribution is 2.26. The van der Waals surface area contributed by atoms with Crippen molar-refractivity contribution in [3.63, 3.8) is 0 Å². The van der Waals surface area contributed by atoms with E-state index in [2.05, 4.69) is 10.6 Å². The van der Waals surface area contributed by atoms with Crippen molar-refractivity contribution in [2.24, 2.45) is 5.92 Å². The van der Waals surface area contributed by atoms with Crippen LogP contribution >= 0.6 is 12.4 Å². The zero-order valence-electron chi connectivity index (χ0n) is 13.9. The van der Waals surface area contributed by atoms with Gasteiger partial charge in [-0.1, -0.05) is 0 Å². The van der Waals surface area contributed by atoms with Gasteiger partial charge in [0.2, 0.25) is 5.91 Å². The predicted molar refractivity (Wildman–Crippen MR) is 89.6 cm³/mol. The summed E-state index contributed by atoms with van der Waals surface area (Å²) in [6, 6.07) is 0. The fourth-order valence-corrected chi connectivity index (χ4v) is 3.32. The van der Waals surface area contributed by atoms with Crippen molar-refractivity contribution in [2.45, 2.75) is 50.5 Å². The number of ether oxygens (including phenoxy) is 2. The molecule has 2 fully saturated rings. The van der Waals surface area contributed by atoms with E-state index in [1.807, 2.05) is 0 Å². The number of carbonyl (C=O) groups is 2. The Balaban J connectivity index is 0.00000264. The summed E-state index contributed by atoms with van der Waals surface area (Å²) in [6.45, 7) is 3.25. The van der Waals surface area contributed by atoms with Crippen molar-refractivity contribution >= 4 is 24.3 Å². The number of piperidine rings is 1. The van der Waals surface area contributed by atoms with Crippen LogP contribution in [0.5, 0.6) is 0 Å². The SMILES string of the molecule is COC(=O)CC1(NC(=O)CCC2CCNCC2)CCOCC1.Cl. The van der Waals surface area contributed by atoms with E-state index in [1.54, 1.807) is 0 Å². The number of esters is 1. The Labute approximate surface area is 144 Å². The Hall–Kier alpha value is -0.850. The minimum atomic E-state index is -0.490. The number of rotatable bonds is 6. The summed E-state index contributed by atoms with van der Waals surface area (Å²) in [5, 5.41) is 6.44. The van der Waals surface area contributed by atoms with Crippen LogP contribution in [0.1, 0.15) is 44.9 Å². The van der Waals surface area contributed by atoms with Gasteiger partial charge in [-0.05, 0) is 51.1 Å². The summed E-state index contributed by atoms with van der Waals surface area (Å²) < 4.78 is 10.1. The third-order valence-electron chi connectivity index (χ3n) is 4.80. The molecule has 2 aliphatic heterocycles. The van der Waals surface area contributed by atoms with Crippen LogP contribution in [0, 0.1) is 5.92 Å². The van der Waals surface area contributed by atoms with E-state index in [9.17, 15) is 9.59 Å². The van der Waals surface area contributed by atoms with Gasteiger partial charge in [0.05, 0.1) is 19.1 Å². The predicted octanol–water partition coefficient (Wildman–Crippen LogP) is 1.42. The molecule has 0 radical (unpaired) electrons. The maximum atomic E-state index is 12.3. The summed E-state index contributed by atoms with van der Waals surface area (Å²) in [6.07, 6.45) is 5.32. The standard InChI is InChI=1S/C16H28N2O4.ClH/c1-21-15(20)12-16(6-10-22-11-7-16)18-14(19)3-2-13-4-8-17-9-5-13;/h13,17H,2-12H2,1H3,(H,18,19);1H. The Kier molecular flexibility index (Phi) is 8.87. The van der Waals surface area contributed by atoms with Crippen LogP contribution in [0.4, 0.5) is 0 Å². The van der Waals surface area contributed by atoms with Gasteiger partial charge in [-0.2, -0.15) is 0 Å². The molecular weight excluding hydrogens is 320 g/mol. The molecule has 0 spiro atoms. The molecule has 0 atom stereocenters. The van der Waals surface area contributed by atoms with Crippen LogP contribution in [-0.4, -0.2) is 50.8 Å². The normalized spacial score (nSPS) is 21.1. The molecule has 0 aromatic rings. The molecule has 1 amide bonds. The first kappa shape index (κ1) is 20.2. The maximum absolute atomic E-state index is 12.3. The second-order valence-electron chi connectivity index (χ2n) is 6.43. The highest BCUT2D eigenvalue weighted by Gasteiger charge is 2.36. The van der Waals surface area contributed by atoms with Gasteiger partial charge >= 0.3 is 5.97 Å². The van der Waals surface area contributed by atoms with Crippen LogP contribution < -0.4 is 10.6 Å². The fraction of sp³-hybridized carbons (Fsp3) is 0.875. The minimum absolute atomic E-state index is 0. The molecule has 0 aromatic heterocycles. The zero-order valence-corrected chi connectivity index (χ0v) is 14.7. The van der Waals surface area contributed by atoms with Gasteiger partial charge in [-0.25, -0.2) is 0 Å². The van der Waals surface area contributed by atoms with E-state index < -0.39 is 5.54 Å². The molecule has 134 valence electrons. The van der Waals surface area contributed by atoms with Gasteiger partial charge in [0.25, 0.3) is 0 Å². The minimum Gasteiger partial charge on any atom is -0.469 e. The molecule has 6 nitrogen and oxygen atoms in total. The molecule has 23 heavy (non-hydrogen) atoms. The number of methoxy groups -OCH3 is 1. The van der Waals surface area contributed by atoms with Gasteiger partial charge in [0, 0.05) is 19.6 Å². The van der Waals surface area contributed by atoms with Crippen molar-refractivity contribution in [3.8, 4) is 0 Å². The topological polar surface area (TPSA) is 76.7 Å². The van der Waals surface area contributed by atoms with Crippen molar-refractivity contribution < 1.29 is 19.1 Å². The number of carbonyl (C=O) groups excluding carboxylic acids is 2. The largest absolute Gasteiger partial charge is 0.469 e. The van der Waals surface area contributed by atoms with Gasteiger partial charge < -0.3 is 20.1 Å². The van der Waals surface area contributed by atoms with E-state index in [1.165, 1.54) is 7.11 Å². The van der Waals surface area contributed by atoms with Crippen LogP contribution in [0.2, 0.25) is 0 Å². The second kappa shape index (κ2) is 10.1. The van der Waals surface area contributed by atoms with Gasteiger partial charge in [-0.3, -0.25) is 9.59 Å². The average Bonchev–Trinajstić information content (AvgIpc) is 2.54. The quantitative estimate of drug-likeness (QED) is 0.710. The van der Waals surface area contributed by atoms with Gasteiger partial charge in [0.15, 0.2) is 0 Å². The second-order valence-corrected chi connectivity index (χ2v) is 6.43. The Bertz CT molecular complexity index is 380. The molecule has 2 saturated heterocycles. The van der Waals surface area contributed by atoms with Crippen molar-refractivity contribution in [1.82, 2.24) is 10.6 Å². The first-order valence-electron chi connectivity index (χ1n) is 8.30. The number of nitrogens with one attached hydrogen (secondary N) is 2. The van der Waals surface area contributed by atoms with E-state index in [4.69, 9.17) is 9.47 Å². The van der Waals surface area contributed by atoms with Crippen LogP contribution in [0.3, 0.4) is 0 Å². The number of amides is 1. The lowest BCUT2D eigenvalue weighted by Crippen LogP contribution is -2.53. The number of hydrogen-bond donors (Lipinski definition) is 2. The van der Waals surface area contributed by atoms with E-state index in [-0.39, 0.29) is 30.7 Å². The van der Waals surface area contributed by atoms with Crippen molar-refractivity contribution in [1.29, 1.82) is 0 Å². The van der Waals surface area contributed by atoms with Gasteiger partial charge in [-0.15, -0.1) is 12.4 Å². The monoisotopic (exact) mass is 348 g/mol. The molecule has 2 heterocycles. The van der Waals surface area contributed by atoms with Crippen LogP contribution in [0.15, 0.2) is 0 Å². The number of halogens is 1. The molecule has 2 rings (SSSR count). The first-order valence-corrected chi connectivity index (χ1v) is 8.30. The molecule has 0 bridgehead atoms. The van der Waals surface area contributed by atoms with Crippen LogP contribution in [0.25, 0.3) is 0 Å². The van der Waals surface area contributed by atoms with E-state index >= 15 is 0 Å². The molecule has 7 heteroatoms. The Morgan fingerprint density at radius 2 is 1.91 bits per heavy atom. The summed E-state index contributed by atoms with van der Waals surface area (Å²) in [4.78, 5) is 24.0. The molecule has 0 aliphatic carbocycles. The Morgan fingerprint density at radius 1 is 1.26 bits per heavy atom. The molecule has 0 aromatic carbocycles. The first-order chi connectivity index (χ1) is 10.6.